The molecule has 0 fully saturated rings. The van der Waals surface area contributed by atoms with Crippen molar-refractivity contribution in [2.45, 2.75) is 47.1 Å². The van der Waals surface area contributed by atoms with Crippen LogP contribution in [0.1, 0.15) is 49.3 Å². The number of aliphatic hydroxyl groups is 1. The molecular weight excluding hydrogens is 514 g/mol. The minimum atomic E-state index is -0.859. The molecule has 4 rings (SSSR count). The molecule has 4 heterocycles. The van der Waals surface area contributed by atoms with E-state index in [1.165, 1.54) is 4.57 Å². The van der Waals surface area contributed by atoms with E-state index >= 15 is 0 Å². The van der Waals surface area contributed by atoms with E-state index in [1.807, 2.05) is 39.8 Å². The van der Waals surface area contributed by atoms with Crippen LogP contribution in [0.3, 0.4) is 0 Å². The number of hydrogen-bond acceptors (Lipinski definition) is 6. The number of aryl methyl sites for hydroxylation is 2. The second-order valence-electron chi connectivity index (χ2n) is 8.36. The lowest BCUT2D eigenvalue weighted by molar-refractivity contribution is 0.271. The number of pyridine rings is 4. The molecule has 0 aliphatic heterocycles. The molecule has 7 nitrogen and oxygen atoms in total. The molecule has 0 saturated carbocycles. The molecule has 1 N–H and O–H groups in total. The highest BCUT2D eigenvalue weighted by Gasteiger charge is 2.18. The van der Waals surface area contributed by atoms with Crippen LogP contribution in [0.4, 0.5) is 8.78 Å². The Morgan fingerprint density at radius 2 is 1.82 bits per heavy atom. The number of aliphatic hydroxyl groups excluding tert-OH is 1. The second-order valence-corrected chi connectivity index (χ2v) is 8.74. The molecule has 0 aliphatic rings. The monoisotopic (exact) mass is 542 g/mol. The number of aromatic nitrogens is 4. The van der Waals surface area contributed by atoms with Crippen LogP contribution in [-0.4, -0.2) is 31.2 Å². The SMILES string of the molecule is CC.Cc1cnc(-c2cccc(C(C)CO)n2)cc1-n1c(C)cc(OCc2ncc(F)cc2F)c(Cl)c1=O. The summed E-state index contributed by atoms with van der Waals surface area (Å²) in [5, 5.41) is 9.27. The lowest BCUT2D eigenvalue weighted by Crippen LogP contribution is -2.23. The summed E-state index contributed by atoms with van der Waals surface area (Å²) >= 11 is 6.35. The summed E-state index contributed by atoms with van der Waals surface area (Å²) in [4.78, 5) is 26.0. The number of ether oxygens (including phenoxy) is 1. The highest BCUT2D eigenvalue weighted by Crippen LogP contribution is 2.27. The first-order valence-corrected chi connectivity index (χ1v) is 12.5. The van der Waals surface area contributed by atoms with E-state index in [9.17, 15) is 18.7 Å². The summed E-state index contributed by atoms with van der Waals surface area (Å²) in [5.41, 5.74) is 3.02. The maximum atomic E-state index is 13.9. The van der Waals surface area contributed by atoms with Gasteiger partial charge < -0.3 is 9.84 Å². The molecule has 0 saturated heterocycles. The zero-order valence-corrected chi connectivity index (χ0v) is 22.6. The fourth-order valence-electron chi connectivity index (χ4n) is 3.64. The van der Waals surface area contributed by atoms with Crippen LogP contribution < -0.4 is 10.3 Å². The predicted molar refractivity (Wildman–Crippen MR) is 143 cm³/mol. The van der Waals surface area contributed by atoms with Crippen molar-refractivity contribution >= 4 is 11.6 Å². The molecular formula is C28H29ClF2N4O3. The first kappa shape index (κ1) is 28.9. The molecule has 0 aromatic carbocycles. The summed E-state index contributed by atoms with van der Waals surface area (Å²) < 4.78 is 34.0. The van der Waals surface area contributed by atoms with Gasteiger partial charge in [0.1, 0.15) is 28.9 Å². The van der Waals surface area contributed by atoms with Gasteiger partial charge in [-0.05, 0) is 37.6 Å². The first-order valence-electron chi connectivity index (χ1n) is 12.1. The molecule has 10 heteroatoms. The van der Waals surface area contributed by atoms with Gasteiger partial charge in [-0.1, -0.05) is 38.4 Å². The van der Waals surface area contributed by atoms with Crippen LogP contribution >= 0.6 is 11.6 Å². The van der Waals surface area contributed by atoms with Crippen molar-refractivity contribution in [3.05, 3.63) is 98.4 Å². The van der Waals surface area contributed by atoms with Gasteiger partial charge in [0.2, 0.25) is 0 Å². The highest BCUT2D eigenvalue weighted by atomic mass is 35.5. The van der Waals surface area contributed by atoms with E-state index in [4.69, 9.17) is 16.3 Å². The van der Waals surface area contributed by atoms with Crippen molar-refractivity contribution in [2.24, 2.45) is 0 Å². The van der Waals surface area contributed by atoms with Gasteiger partial charge in [0.25, 0.3) is 5.56 Å². The van der Waals surface area contributed by atoms with Crippen molar-refractivity contribution in [1.29, 1.82) is 0 Å². The fourth-order valence-corrected chi connectivity index (χ4v) is 3.83. The van der Waals surface area contributed by atoms with Crippen molar-refractivity contribution in [3.8, 4) is 22.8 Å². The Kier molecular flexibility index (Phi) is 9.66. The van der Waals surface area contributed by atoms with Gasteiger partial charge in [-0.15, -0.1) is 0 Å². The van der Waals surface area contributed by atoms with Gasteiger partial charge >= 0.3 is 0 Å². The number of hydrogen-bond donors (Lipinski definition) is 1. The van der Waals surface area contributed by atoms with Gasteiger partial charge in [-0.25, -0.2) is 8.78 Å². The highest BCUT2D eigenvalue weighted by molar-refractivity contribution is 6.31. The molecule has 0 radical (unpaired) electrons. The zero-order valence-electron chi connectivity index (χ0n) is 21.8. The fraction of sp³-hybridized carbons (Fsp3) is 0.286. The average Bonchev–Trinajstić information content (AvgIpc) is 2.92. The smallest absolute Gasteiger partial charge is 0.277 e. The lowest BCUT2D eigenvalue weighted by atomic mass is 10.1. The molecule has 4 aromatic rings. The third kappa shape index (κ3) is 6.23. The van der Waals surface area contributed by atoms with E-state index < -0.39 is 17.2 Å². The molecule has 0 spiro atoms. The summed E-state index contributed by atoms with van der Waals surface area (Å²) in [6.45, 7) is 9.03. The largest absolute Gasteiger partial charge is 0.485 e. The quantitative estimate of drug-likeness (QED) is 0.311. The Morgan fingerprint density at radius 3 is 2.50 bits per heavy atom. The van der Waals surface area contributed by atoms with Crippen molar-refractivity contribution in [3.63, 3.8) is 0 Å². The normalized spacial score (nSPS) is 11.5. The van der Waals surface area contributed by atoms with E-state index in [-0.39, 0.29) is 35.6 Å². The number of halogens is 3. The molecule has 1 atom stereocenters. The van der Waals surface area contributed by atoms with Gasteiger partial charge in [-0.3, -0.25) is 24.3 Å². The van der Waals surface area contributed by atoms with Crippen LogP contribution in [0.2, 0.25) is 5.02 Å². The third-order valence-electron chi connectivity index (χ3n) is 5.68. The first-order chi connectivity index (χ1) is 18.2. The summed E-state index contributed by atoms with van der Waals surface area (Å²) in [6.07, 6.45) is 2.52. The minimum Gasteiger partial charge on any atom is -0.485 e. The topological polar surface area (TPSA) is 90.1 Å². The van der Waals surface area contributed by atoms with E-state index in [0.717, 1.165) is 17.5 Å². The van der Waals surface area contributed by atoms with Crippen molar-refractivity contribution in [2.75, 3.05) is 6.61 Å². The average molecular weight is 543 g/mol. The molecule has 38 heavy (non-hydrogen) atoms. The maximum absolute atomic E-state index is 13.9. The van der Waals surface area contributed by atoms with Gasteiger partial charge in [0, 0.05) is 35.6 Å². The summed E-state index contributed by atoms with van der Waals surface area (Å²) in [5.74, 6) is -1.74. The lowest BCUT2D eigenvalue weighted by Gasteiger charge is -2.17. The maximum Gasteiger partial charge on any atom is 0.277 e. The van der Waals surface area contributed by atoms with Crippen LogP contribution in [0.15, 0.2) is 53.6 Å². The van der Waals surface area contributed by atoms with E-state index in [1.54, 1.807) is 31.3 Å². The molecule has 0 aliphatic carbocycles. The number of rotatable bonds is 7. The van der Waals surface area contributed by atoms with Crippen LogP contribution in [0.25, 0.3) is 17.1 Å². The predicted octanol–water partition coefficient (Wildman–Crippen LogP) is 5.94. The molecule has 1 unspecified atom stereocenters. The van der Waals surface area contributed by atoms with Crippen molar-refractivity contribution in [1.82, 2.24) is 19.5 Å². The second kappa shape index (κ2) is 12.7. The van der Waals surface area contributed by atoms with Gasteiger partial charge in [0.05, 0.1) is 29.9 Å². The van der Waals surface area contributed by atoms with Crippen LogP contribution in [-0.2, 0) is 6.61 Å². The van der Waals surface area contributed by atoms with Crippen molar-refractivity contribution < 1.29 is 18.6 Å². The standard InChI is InChI=1S/C26H23ClF2N4O3.C2H6/c1-14-10-30-21(20-6-4-5-19(32-20)15(2)12-34)9-23(14)33-16(3)7-24(25(27)26(33)35)36-13-22-18(29)8-17(28)11-31-22;1-2/h4-11,15,34H,12-13H2,1-3H3;1-2H3. The Balaban J connectivity index is 0.00000195. The molecule has 4 aromatic heterocycles. The van der Waals surface area contributed by atoms with Gasteiger partial charge in [-0.2, -0.15) is 0 Å². The minimum absolute atomic E-state index is 0.0333. The van der Waals surface area contributed by atoms with Gasteiger partial charge in [0.15, 0.2) is 5.82 Å². The Labute approximate surface area is 224 Å². The van der Waals surface area contributed by atoms with Crippen LogP contribution in [0.5, 0.6) is 5.75 Å². The molecule has 0 amide bonds. The molecule has 0 bridgehead atoms. The third-order valence-corrected chi connectivity index (χ3v) is 6.02. The van der Waals surface area contributed by atoms with Crippen LogP contribution in [0, 0.1) is 25.5 Å². The Bertz CT molecular complexity index is 1490. The summed E-state index contributed by atoms with van der Waals surface area (Å²) in [6, 6.07) is 9.48. The van der Waals surface area contributed by atoms with E-state index in [0.29, 0.717) is 28.8 Å². The Morgan fingerprint density at radius 1 is 1.08 bits per heavy atom. The zero-order chi connectivity index (χ0) is 28.0. The number of nitrogens with zero attached hydrogens (tertiary/aromatic N) is 4. The molecule has 200 valence electrons. The van der Waals surface area contributed by atoms with E-state index in [2.05, 4.69) is 15.0 Å². The summed E-state index contributed by atoms with van der Waals surface area (Å²) in [7, 11) is 0. The Hall–Kier alpha value is -3.69.